The monoisotopic (exact) mass is 388 g/mol. The first kappa shape index (κ1) is 21.4. The van der Waals surface area contributed by atoms with Gasteiger partial charge in [-0.1, -0.05) is 31.0 Å². The molecule has 2 rings (SSSR count). The molecule has 1 amide bonds. The van der Waals surface area contributed by atoms with Gasteiger partial charge in [-0.05, 0) is 31.9 Å². The van der Waals surface area contributed by atoms with E-state index in [9.17, 15) is 14.4 Å². The molecule has 0 radical (unpaired) electrons. The number of hydrogen-bond acceptors (Lipinski definition) is 5. The number of H-pyrrole nitrogens is 1. The minimum Gasteiger partial charge on any atom is -0.383 e. The highest BCUT2D eigenvalue weighted by atomic mass is 16.5. The molecule has 1 aromatic heterocycles. The molecule has 28 heavy (non-hydrogen) atoms. The number of nitrogens with two attached hydrogens (primary N) is 1. The van der Waals surface area contributed by atoms with Crippen molar-refractivity contribution < 1.29 is 9.53 Å². The van der Waals surface area contributed by atoms with Crippen molar-refractivity contribution in [2.75, 3.05) is 30.9 Å². The van der Waals surface area contributed by atoms with E-state index < -0.39 is 11.2 Å². The van der Waals surface area contributed by atoms with Gasteiger partial charge in [0.1, 0.15) is 5.82 Å². The molecule has 1 aromatic carbocycles. The van der Waals surface area contributed by atoms with E-state index in [4.69, 9.17) is 10.5 Å². The summed E-state index contributed by atoms with van der Waals surface area (Å²) in [5, 5.41) is 0. The maximum Gasteiger partial charge on any atom is 0.330 e. The van der Waals surface area contributed by atoms with Crippen molar-refractivity contribution in [2.45, 2.75) is 34.2 Å². The Morgan fingerprint density at radius 1 is 1.21 bits per heavy atom. The standard InChI is InChI=1S/C20H28N4O4/c1-12(2)11-24-17(21)16(18(25)22-20(24)27)23(6-7-28-5)19(26)15-9-13(3)8-14(4)10-15/h8-10,12H,6-7,11,21H2,1-5H3,(H,22,25,27). The maximum absolute atomic E-state index is 13.3. The Kier molecular flexibility index (Phi) is 6.80. The van der Waals surface area contributed by atoms with Gasteiger partial charge in [0.05, 0.1) is 6.61 Å². The van der Waals surface area contributed by atoms with Crippen LogP contribution in [0, 0.1) is 19.8 Å². The molecule has 0 bridgehead atoms. The van der Waals surface area contributed by atoms with Gasteiger partial charge in [0.25, 0.3) is 11.5 Å². The van der Waals surface area contributed by atoms with Crippen LogP contribution in [0.5, 0.6) is 0 Å². The first-order valence-corrected chi connectivity index (χ1v) is 9.17. The largest absolute Gasteiger partial charge is 0.383 e. The zero-order chi connectivity index (χ0) is 21.0. The molecule has 0 unspecified atom stereocenters. The highest BCUT2D eigenvalue weighted by Gasteiger charge is 2.25. The average Bonchev–Trinajstić information content (AvgIpc) is 2.59. The molecule has 0 saturated carbocycles. The molecule has 8 heteroatoms. The Morgan fingerprint density at radius 2 is 1.82 bits per heavy atom. The molecule has 0 atom stereocenters. The highest BCUT2D eigenvalue weighted by molar-refractivity contribution is 6.07. The topological polar surface area (TPSA) is 110 Å². The van der Waals surface area contributed by atoms with E-state index in [1.165, 1.54) is 16.6 Å². The Hall–Kier alpha value is -2.87. The minimum atomic E-state index is -0.698. The van der Waals surface area contributed by atoms with Crippen LogP contribution in [-0.4, -0.2) is 35.7 Å². The van der Waals surface area contributed by atoms with Gasteiger partial charge in [-0.15, -0.1) is 0 Å². The van der Waals surface area contributed by atoms with Crippen LogP contribution >= 0.6 is 0 Å². The molecule has 0 spiro atoms. The van der Waals surface area contributed by atoms with Gasteiger partial charge in [0.2, 0.25) is 0 Å². The summed E-state index contributed by atoms with van der Waals surface area (Å²) in [6.07, 6.45) is 0. The molecule has 0 aliphatic carbocycles. The number of ether oxygens (including phenoxy) is 1. The van der Waals surface area contributed by atoms with E-state index in [-0.39, 0.29) is 36.5 Å². The molecule has 8 nitrogen and oxygen atoms in total. The third-order valence-electron chi connectivity index (χ3n) is 4.26. The number of aromatic nitrogens is 2. The lowest BCUT2D eigenvalue weighted by Gasteiger charge is -2.25. The summed E-state index contributed by atoms with van der Waals surface area (Å²) in [5.41, 5.74) is 7.16. The van der Waals surface area contributed by atoms with Gasteiger partial charge in [-0.2, -0.15) is 0 Å². The third kappa shape index (κ3) is 4.69. The molecule has 3 N–H and O–H groups in total. The summed E-state index contributed by atoms with van der Waals surface area (Å²) in [7, 11) is 1.51. The SMILES string of the molecule is COCCN(C(=O)c1cc(C)cc(C)c1)c1c(N)n(CC(C)C)c(=O)[nH]c1=O. The number of carbonyl (C=O) groups excluding carboxylic acids is 1. The van der Waals surface area contributed by atoms with Crippen molar-refractivity contribution in [2.24, 2.45) is 5.92 Å². The van der Waals surface area contributed by atoms with Crippen LogP contribution in [0.25, 0.3) is 0 Å². The lowest BCUT2D eigenvalue weighted by atomic mass is 10.1. The summed E-state index contributed by atoms with van der Waals surface area (Å²) in [6.45, 7) is 8.30. The highest BCUT2D eigenvalue weighted by Crippen LogP contribution is 2.21. The number of anilines is 2. The summed E-state index contributed by atoms with van der Waals surface area (Å²) in [5.74, 6) is -0.284. The number of benzene rings is 1. The van der Waals surface area contributed by atoms with E-state index in [1.54, 1.807) is 12.1 Å². The van der Waals surface area contributed by atoms with Gasteiger partial charge in [0.15, 0.2) is 5.69 Å². The predicted molar refractivity (Wildman–Crippen MR) is 110 cm³/mol. The van der Waals surface area contributed by atoms with Crippen molar-refractivity contribution in [3.8, 4) is 0 Å². The first-order valence-electron chi connectivity index (χ1n) is 9.17. The van der Waals surface area contributed by atoms with Gasteiger partial charge in [-0.25, -0.2) is 4.79 Å². The van der Waals surface area contributed by atoms with Crippen LogP contribution in [0.1, 0.15) is 35.3 Å². The Bertz CT molecular complexity index is 955. The second-order valence-corrected chi connectivity index (χ2v) is 7.32. The van der Waals surface area contributed by atoms with E-state index in [1.807, 2.05) is 33.8 Å². The second kappa shape index (κ2) is 8.88. The molecular formula is C20H28N4O4. The summed E-state index contributed by atoms with van der Waals surface area (Å²) in [6, 6.07) is 5.47. The fourth-order valence-corrected chi connectivity index (χ4v) is 3.14. The van der Waals surface area contributed by atoms with E-state index >= 15 is 0 Å². The number of rotatable bonds is 7. The number of aryl methyl sites for hydroxylation is 2. The number of carbonyl (C=O) groups is 1. The molecule has 0 aliphatic heterocycles. The van der Waals surface area contributed by atoms with Crippen LogP contribution in [-0.2, 0) is 11.3 Å². The van der Waals surface area contributed by atoms with Crippen LogP contribution in [0.3, 0.4) is 0 Å². The molecule has 152 valence electrons. The number of hydrogen-bond donors (Lipinski definition) is 2. The number of nitrogen functional groups attached to an aromatic ring is 1. The number of amides is 1. The molecular weight excluding hydrogens is 360 g/mol. The van der Waals surface area contributed by atoms with Crippen molar-refractivity contribution in [3.63, 3.8) is 0 Å². The molecule has 0 saturated heterocycles. The number of aromatic amines is 1. The summed E-state index contributed by atoms with van der Waals surface area (Å²) in [4.78, 5) is 41.6. The van der Waals surface area contributed by atoms with Crippen LogP contribution in [0.2, 0.25) is 0 Å². The number of nitrogens with zero attached hydrogens (tertiary/aromatic N) is 2. The quantitative estimate of drug-likeness (QED) is 0.750. The van der Waals surface area contributed by atoms with Crippen LogP contribution < -0.4 is 21.9 Å². The lowest BCUT2D eigenvalue weighted by molar-refractivity contribution is 0.0975. The number of nitrogens with one attached hydrogen (secondary N) is 1. The minimum absolute atomic E-state index is 0.0312. The van der Waals surface area contributed by atoms with Crippen molar-refractivity contribution in [1.29, 1.82) is 0 Å². The fraction of sp³-hybridized carbons (Fsp3) is 0.450. The third-order valence-corrected chi connectivity index (χ3v) is 4.26. The smallest absolute Gasteiger partial charge is 0.330 e. The van der Waals surface area contributed by atoms with Gasteiger partial charge in [-0.3, -0.25) is 24.0 Å². The van der Waals surface area contributed by atoms with Crippen molar-refractivity contribution in [1.82, 2.24) is 9.55 Å². The molecule has 0 fully saturated rings. The first-order chi connectivity index (χ1) is 13.1. The summed E-state index contributed by atoms with van der Waals surface area (Å²) < 4.78 is 6.40. The van der Waals surface area contributed by atoms with Crippen molar-refractivity contribution in [3.05, 3.63) is 55.7 Å². The van der Waals surface area contributed by atoms with Gasteiger partial charge < -0.3 is 10.5 Å². The Morgan fingerprint density at radius 3 is 2.36 bits per heavy atom. The molecule has 2 aromatic rings. The molecule has 0 aliphatic rings. The maximum atomic E-state index is 13.3. The van der Waals surface area contributed by atoms with E-state index in [0.29, 0.717) is 12.1 Å². The van der Waals surface area contributed by atoms with Crippen molar-refractivity contribution >= 4 is 17.4 Å². The normalized spacial score (nSPS) is 11.1. The van der Waals surface area contributed by atoms with Crippen LogP contribution in [0.4, 0.5) is 11.5 Å². The summed E-state index contributed by atoms with van der Waals surface area (Å²) >= 11 is 0. The van der Waals surface area contributed by atoms with Crippen LogP contribution in [0.15, 0.2) is 27.8 Å². The van der Waals surface area contributed by atoms with Gasteiger partial charge in [0, 0.05) is 25.8 Å². The van der Waals surface area contributed by atoms with E-state index in [0.717, 1.165) is 11.1 Å². The lowest BCUT2D eigenvalue weighted by Crippen LogP contribution is -2.43. The fourth-order valence-electron chi connectivity index (χ4n) is 3.14. The second-order valence-electron chi connectivity index (χ2n) is 7.32. The Labute approximate surface area is 163 Å². The zero-order valence-corrected chi connectivity index (χ0v) is 17.0. The number of methoxy groups -OCH3 is 1. The molecule has 1 heterocycles. The average molecular weight is 388 g/mol. The van der Waals surface area contributed by atoms with Gasteiger partial charge >= 0.3 is 5.69 Å². The predicted octanol–water partition coefficient (Wildman–Crippen LogP) is 1.68. The zero-order valence-electron chi connectivity index (χ0n) is 17.0. The van der Waals surface area contributed by atoms with E-state index in [2.05, 4.69) is 4.98 Å². The Balaban J connectivity index is 2.64.